The zero-order chi connectivity index (χ0) is 14.6. The SMILES string of the molecule is CNC(=O)C(C)CN(C)C(c1ccc(Cl)s1)C(C)N. The van der Waals surface area contributed by atoms with Gasteiger partial charge in [-0.15, -0.1) is 11.3 Å². The van der Waals surface area contributed by atoms with Gasteiger partial charge in [0.2, 0.25) is 5.91 Å². The van der Waals surface area contributed by atoms with Crippen LogP contribution in [0.4, 0.5) is 0 Å². The van der Waals surface area contributed by atoms with Gasteiger partial charge in [0.25, 0.3) is 0 Å². The van der Waals surface area contributed by atoms with Gasteiger partial charge in [0.1, 0.15) is 0 Å². The van der Waals surface area contributed by atoms with E-state index in [0.717, 1.165) is 9.21 Å². The highest BCUT2D eigenvalue weighted by atomic mass is 35.5. The van der Waals surface area contributed by atoms with Gasteiger partial charge in [-0.25, -0.2) is 0 Å². The Balaban J connectivity index is 2.80. The largest absolute Gasteiger partial charge is 0.359 e. The molecule has 1 aromatic rings. The Kier molecular flexibility index (Phi) is 6.26. The van der Waals surface area contributed by atoms with E-state index < -0.39 is 0 Å². The summed E-state index contributed by atoms with van der Waals surface area (Å²) < 4.78 is 0.758. The summed E-state index contributed by atoms with van der Waals surface area (Å²) >= 11 is 7.52. The number of halogens is 1. The molecule has 0 aliphatic carbocycles. The first-order chi connectivity index (χ1) is 8.86. The van der Waals surface area contributed by atoms with Crippen molar-refractivity contribution in [3.63, 3.8) is 0 Å². The second-order valence-corrected chi connectivity index (χ2v) is 6.65. The van der Waals surface area contributed by atoms with Gasteiger partial charge in [-0.05, 0) is 26.1 Å². The third-order valence-corrected chi connectivity index (χ3v) is 4.42. The number of hydrogen-bond acceptors (Lipinski definition) is 4. The number of rotatable bonds is 6. The Morgan fingerprint density at radius 2 is 2.16 bits per heavy atom. The molecule has 0 fully saturated rings. The summed E-state index contributed by atoms with van der Waals surface area (Å²) in [5.74, 6) is -0.0360. The summed E-state index contributed by atoms with van der Waals surface area (Å²) in [6, 6.07) is 3.93. The van der Waals surface area contributed by atoms with Crippen molar-refractivity contribution >= 4 is 28.8 Å². The maximum atomic E-state index is 11.6. The predicted molar refractivity (Wildman–Crippen MR) is 81.6 cm³/mol. The van der Waals surface area contributed by atoms with Gasteiger partial charge >= 0.3 is 0 Å². The van der Waals surface area contributed by atoms with Crippen LogP contribution >= 0.6 is 22.9 Å². The minimum absolute atomic E-state index is 0.0309. The van der Waals surface area contributed by atoms with Crippen LogP contribution in [0, 0.1) is 5.92 Å². The smallest absolute Gasteiger partial charge is 0.223 e. The first-order valence-electron chi connectivity index (χ1n) is 6.29. The monoisotopic (exact) mass is 303 g/mol. The molecule has 19 heavy (non-hydrogen) atoms. The Bertz CT molecular complexity index is 422. The Labute approximate surface area is 123 Å². The lowest BCUT2D eigenvalue weighted by Gasteiger charge is -2.31. The molecular formula is C13H22ClN3OS. The molecule has 0 bridgehead atoms. The fraction of sp³-hybridized carbons (Fsp3) is 0.615. The third-order valence-electron chi connectivity index (χ3n) is 3.11. The fourth-order valence-corrected chi connectivity index (χ4v) is 3.58. The lowest BCUT2D eigenvalue weighted by atomic mass is 10.0. The molecule has 0 saturated carbocycles. The summed E-state index contributed by atoms with van der Waals surface area (Å²) in [4.78, 5) is 14.8. The van der Waals surface area contributed by atoms with E-state index in [1.165, 1.54) is 11.3 Å². The fourth-order valence-electron chi connectivity index (χ4n) is 2.24. The van der Waals surface area contributed by atoms with Crippen LogP contribution in [0.25, 0.3) is 0 Å². The Morgan fingerprint density at radius 3 is 2.58 bits per heavy atom. The van der Waals surface area contributed by atoms with Crippen LogP contribution in [0.2, 0.25) is 4.34 Å². The number of amides is 1. The Hall–Kier alpha value is -0.620. The lowest BCUT2D eigenvalue weighted by Crippen LogP contribution is -2.41. The molecule has 0 aromatic carbocycles. The average molecular weight is 304 g/mol. The summed E-state index contributed by atoms with van der Waals surface area (Å²) in [6.45, 7) is 4.54. The molecule has 1 heterocycles. The van der Waals surface area contributed by atoms with Gasteiger partial charge in [-0.1, -0.05) is 18.5 Å². The molecule has 0 spiro atoms. The van der Waals surface area contributed by atoms with Crippen molar-refractivity contribution in [3.8, 4) is 0 Å². The number of nitrogens with two attached hydrogens (primary N) is 1. The summed E-state index contributed by atoms with van der Waals surface area (Å²) in [5.41, 5.74) is 6.08. The van der Waals surface area contributed by atoms with Crippen molar-refractivity contribution in [2.45, 2.75) is 25.9 Å². The molecule has 4 nitrogen and oxygen atoms in total. The number of nitrogens with one attached hydrogen (secondary N) is 1. The average Bonchev–Trinajstić information content (AvgIpc) is 2.73. The number of carbonyl (C=O) groups is 1. The molecule has 1 aromatic heterocycles. The second kappa shape index (κ2) is 7.24. The van der Waals surface area contributed by atoms with E-state index in [-0.39, 0.29) is 23.9 Å². The lowest BCUT2D eigenvalue weighted by molar-refractivity contribution is -0.124. The topological polar surface area (TPSA) is 58.4 Å². The molecule has 1 amide bonds. The standard InChI is InChI=1S/C13H22ClN3OS/c1-8(13(18)16-3)7-17(4)12(9(2)15)10-5-6-11(14)19-10/h5-6,8-9,12H,7,15H2,1-4H3,(H,16,18). The normalized spacial score (nSPS) is 16.2. The van der Waals surface area contributed by atoms with E-state index in [4.69, 9.17) is 17.3 Å². The van der Waals surface area contributed by atoms with Gasteiger partial charge in [0.05, 0.1) is 10.4 Å². The van der Waals surface area contributed by atoms with Crippen LogP contribution in [0.5, 0.6) is 0 Å². The first kappa shape index (κ1) is 16.4. The van der Waals surface area contributed by atoms with E-state index in [0.29, 0.717) is 6.54 Å². The molecule has 0 saturated heterocycles. The van der Waals surface area contributed by atoms with Crippen molar-refractivity contribution in [2.24, 2.45) is 11.7 Å². The summed E-state index contributed by atoms with van der Waals surface area (Å²) in [7, 11) is 3.64. The van der Waals surface area contributed by atoms with Crippen LogP contribution in [-0.2, 0) is 4.79 Å². The zero-order valence-corrected chi connectivity index (χ0v) is 13.4. The van der Waals surface area contributed by atoms with E-state index in [9.17, 15) is 4.79 Å². The minimum atomic E-state index is -0.0771. The van der Waals surface area contributed by atoms with Crippen molar-refractivity contribution in [2.75, 3.05) is 20.6 Å². The zero-order valence-electron chi connectivity index (χ0n) is 11.8. The van der Waals surface area contributed by atoms with Crippen LogP contribution in [-0.4, -0.2) is 37.5 Å². The summed E-state index contributed by atoms with van der Waals surface area (Å²) in [5, 5.41) is 2.67. The molecule has 0 radical (unpaired) electrons. The molecule has 3 atom stereocenters. The molecule has 1 rings (SSSR count). The number of carbonyl (C=O) groups excluding carboxylic acids is 1. The second-order valence-electron chi connectivity index (χ2n) is 4.90. The molecular weight excluding hydrogens is 282 g/mol. The molecule has 6 heteroatoms. The van der Waals surface area contributed by atoms with Crippen molar-refractivity contribution in [1.82, 2.24) is 10.2 Å². The highest BCUT2D eigenvalue weighted by molar-refractivity contribution is 7.16. The van der Waals surface area contributed by atoms with E-state index in [1.54, 1.807) is 7.05 Å². The molecule has 0 aliphatic heterocycles. The number of likely N-dealkylation sites (N-methyl/N-ethyl adjacent to an activating group) is 1. The van der Waals surface area contributed by atoms with Crippen LogP contribution < -0.4 is 11.1 Å². The molecule has 0 aliphatic rings. The van der Waals surface area contributed by atoms with Crippen LogP contribution in [0.1, 0.15) is 24.8 Å². The number of hydrogen-bond donors (Lipinski definition) is 2. The molecule has 3 N–H and O–H groups in total. The van der Waals surface area contributed by atoms with E-state index in [1.807, 2.05) is 33.0 Å². The van der Waals surface area contributed by atoms with Crippen molar-refractivity contribution < 1.29 is 4.79 Å². The Morgan fingerprint density at radius 1 is 1.53 bits per heavy atom. The van der Waals surface area contributed by atoms with Crippen LogP contribution in [0.3, 0.4) is 0 Å². The third kappa shape index (κ3) is 4.45. The predicted octanol–water partition coefficient (Wildman–Crippen LogP) is 2.10. The van der Waals surface area contributed by atoms with Crippen LogP contribution in [0.15, 0.2) is 12.1 Å². The van der Waals surface area contributed by atoms with Gasteiger partial charge in [0.15, 0.2) is 0 Å². The minimum Gasteiger partial charge on any atom is -0.359 e. The number of thiophene rings is 1. The van der Waals surface area contributed by atoms with Gasteiger partial charge in [-0.3, -0.25) is 9.69 Å². The number of nitrogens with zero attached hydrogens (tertiary/aromatic N) is 1. The first-order valence-corrected chi connectivity index (χ1v) is 7.49. The van der Waals surface area contributed by atoms with E-state index >= 15 is 0 Å². The van der Waals surface area contributed by atoms with Crippen molar-refractivity contribution in [1.29, 1.82) is 0 Å². The van der Waals surface area contributed by atoms with Crippen molar-refractivity contribution in [3.05, 3.63) is 21.3 Å². The molecule has 3 unspecified atom stereocenters. The maximum absolute atomic E-state index is 11.6. The highest BCUT2D eigenvalue weighted by Crippen LogP contribution is 2.31. The van der Waals surface area contributed by atoms with E-state index in [2.05, 4.69) is 10.2 Å². The van der Waals surface area contributed by atoms with Gasteiger partial charge in [-0.2, -0.15) is 0 Å². The van der Waals surface area contributed by atoms with Gasteiger partial charge in [0, 0.05) is 30.4 Å². The molecule has 108 valence electrons. The van der Waals surface area contributed by atoms with Gasteiger partial charge < -0.3 is 11.1 Å². The highest BCUT2D eigenvalue weighted by Gasteiger charge is 2.25. The maximum Gasteiger partial charge on any atom is 0.223 e. The quantitative estimate of drug-likeness (QED) is 0.846. The summed E-state index contributed by atoms with van der Waals surface area (Å²) in [6.07, 6.45) is 0.